The van der Waals surface area contributed by atoms with Gasteiger partial charge in [0, 0.05) is 18.4 Å². The lowest BCUT2D eigenvalue weighted by Gasteiger charge is -2.39. The minimum absolute atomic E-state index is 0.194. The van der Waals surface area contributed by atoms with Gasteiger partial charge < -0.3 is 14.6 Å². The third-order valence-corrected chi connectivity index (χ3v) is 11.6. The standard InChI is InChI=1S/C26H48O4Si/c1-7-8-11-14-22(30-31(5,6)26(2,3)4)19-17-21-18-20-24(27)23(21)15-12-9-10-13-16-25(28)29/h9,12,18,22-24,27H,7-8,10-11,13-17,19-20H2,1-6H3,(H,28,29)/b12-9-/t22?,23-,24?/m1/s1. The number of aliphatic hydroxyl groups excluding tert-OH is 1. The van der Waals surface area contributed by atoms with Crippen molar-refractivity contribution >= 4 is 14.3 Å². The first kappa shape index (κ1) is 28.1. The number of carboxylic acids is 1. The van der Waals surface area contributed by atoms with E-state index < -0.39 is 14.3 Å². The maximum Gasteiger partial charge on any atom is 0.303 e. The van der Waals surface area contributed by atoms with Crippen LogP contribution in [0.3, 0.4) is 0 Å². The molecule has 3 atom stereocenters. The van der Waals surface area contributed by atoms with Crippen molar-refractivity contribution in [2.24, 2.45) is 5.92 Å². The smallest absolute Gasteiger partial charge is 0.303 e. The Morgan fingerprint density at radius 1 is 1.23 bits per heavy atom. The van der Waals surface area contributed by atoms with Gasteiger partial charge in [0.05, 0.1) is 6.10 Å². The number of carboxylic acid groups (broad SMARTS) is 1. The van der Waals surface area contributed by atoms with Crippen LogP contribution < -0.4 is 0 Å². The highest BCUT2D eigenvalue weighted by Crippen LogP contribution is 2.39. The molecule has 2 unspecified atom stereocenters. The van der Waals surface area contributed by atoms with Crippen molar-refractivity contribution in [2.75, 3.05) is 0 Å². The van der Waals surface area contributed by atoms with Gasteiger partial charge in [0.1, 0.15) is 0 Å². The fourth-order valence-corrected chi connectivity index (χ4v) is 5.39. The SMILES string of the molecule is CCCCCC(CCC1=CCC(O)[C@@H]1C/C=C\CCCC(=O)O)O[Si](C)(C)C(C)(C)C. The third kappa shape index (κ3) is 10.5. The number of aliphatic carboxylic acids is 1. The van der Waals surface area contributed by atoms with Crippen molar-refractivity contribution in [1.29, 1.82) is 0 Å². The average Bonchev–Trinajstić information content (AvgIpc) is 3.01. The summed E-state index contributed by atoms with van der Waals surface area (Å²) in [5, 5.41) is 19.4. The number of hydrogen-bond donors (Lipinski definition) is 2. The molecule has 0 fully saturated rings. The first-order chi connectivity index (χ1) is 14.5. The molecule has 2 N–H and O–H groups in total. The molecule has 180 valence electrons. The summed E-state index contributed by atoms with van der Waals surface area (Å²) < 4.78 is 6.80. The Balaban J connectivity index is 2.63. The Hall–Kier alpha value is -0.913. The molecule has 0 amide bonds. The van der Waals surface area contributed by atoms with Crippen molar-refractivity contribution < 1.29 is 19.4 Å². The average molecular weight is 453 g/mol. The van der Waals surface area contributed by atoms with Crippen LogP contribution in [0.25, 0.3) is 0 Å². The van der Waals surface area contributed by atoms with E-state index in [0.717, 1.165) is 38.5 Å². The Morgan fingerprint density at radius 2 is 1.94 bits per heavy atom. The molecule has 1 aliphatic carbocycles. The van der Waals surface area contributed by atoms with Crippen LogP contribution in [0.2, 0.25) is 18.1 Å². The zero-order chi connectivity index (χ0) is 23.5. The summed E-state index contributed by atoms with van der Waals surface area (Å²) >= 11 is 0. The molecular formula is C26H48O4Si. The van der Waals surface area contributed by atoms with Crippen molar-refractivity contribution in [3.8, 4) is 0 Å². The Kier molecular flexibility index (Phi) is 12.3. The molecule has 1 rings (SSSR count). The fraction of sp³-hybridized carbons (Fsp3) is 0.808. The predicted molar refractivity (Wildman–Crippen MR) is 133 cm³/mol. The monoisotopic (exact) mass is 452 g/mol. The van der Waals surface area contributed by atoms with Crippen LogP contribution in [0, 0.1) is 5.92 Å². The molecule has 0 radical (unpaired) electrons. The molecule has 0 saturated carbocycles. The molecule has 5 heteroatoms. The number of hydrogen-bond acceptors (Lipinski definition) is 3. The summed E-state index contributed by atoms with van der Waals surface area (Å²) in [5.74, 6) is -0.543. The van der Waals surface area contributed by atoms with Crippen LogP contribution in [0.1, 0.15) is 98.3 Å². The van der Waals surface area contributed by atoms with E-state index in [0.29, 0.717) is 12.5 Å². The molecule has 0 aliphatic heterocycles. The van der Waals surface area contributed by atoms with Crippen LogP contribution >= 0.6 is 0 Å². The van der Waals surface area contributed by atoms with Gasteiger partial charge >= 0.3 is 5.97 Å². The number of carbonyl (C=O) groups is 1. The van der Waals surface area contributed by atoms with E-state index in [4.69, 9.17) is 9.53 Å². The second kappa shape index (κ2) is 13.6. The van der Waals surface area contributed by atoms with Crippen molar-refractivity contribution in [3.05, 3.63) is 23.8 Å². The van der Waals surface area contributed by atoms with Crippen LogP contribution in [0.5, 0.6) is 0 Å². The molecule has 31 heavy (non-hydrogen) atoms. The lowest BCUT2D eigenvalue weighted by atomic mass is 9.91. The Morgan fingerprint density at radius 3 is 2.55 bits per heavy atom. The molecule has 4 nitrogen and oxygen atoms in total. The van der Waals surface area contributed by atoms with Crippen molar-refractivity contribution in [1.82, 2.24) is 0 Å². The number of aliphatic hydroxyl groups is 1. The highest BCUT2D eigenvalue weighted by atomic mass is 28.4. The summed E-state index contributed by atoms with van der Waals surface area (Å²) in [7, 11) is -1.80. The van der Waals surface area contributed by atoms with Crippen LogP contribution in [0.15, 0.2) is 23.8 Å². The van der Waals surface area contributed by atoms with Crippen molar-refractivity contribution in [3.63, 3.8) is 0 Å². The number of rotatable bonds is 15. The van der Waals surface area contributed by atoms with E-state index >= 15 is 0 Å². The van der Waals surface area contributed by atoms with Gasteiger partial charge in [-0.15, -0.1) is 0 Å². The maximum absolute atomic E-state index is 10.6. The van der Waals surface area contributed by atoms with Gasteiger partial charge in [-0.25, -0.2) is 0 Å². The minimum Gasteiger partial charge on any atom is -0.481 e. The Bertz CT molecular complexity index is 589. The first-order valence-corrected chi connectivity index (χ1v) is 15.3. The van der Waals surface area contributed by atoms with Gasteiger partial charge in [-0.05, 0) is 63.1 Å². The van der Waals surface area contributed by atoms with E-state index in [1.54, 1.807) is 0 Å². The fourth-order valence-electron chi connectivity index (χ4n) is 3.97. The van der Waals surface area contributed by atoms with Gasteiger partial charge in [-0.1, -0.05) is 70.8 Å². The van der Waals surface area contributed by atoms with Crippen LogP contribution in [0.4, 0.5) is 0 Å². The molecule has 0 aromatic carbocycles. The zero-order valence-corrected chi connectivity index (χ0v) is 22.0. The van der Waals surface area contributed by atoms with Gasteiger partial charge in [0.25, 0.3) is 0 Å². The summed E-state index contributed by atoms with van der Waals surface area (Å²) in [5.41, 5.74) is 1.38. The van der Waals surface area contributed by atoms with Gasteiger partial charge in [0.2, 0.25) is 0 Å². The molecule has 0 aromatic heterocycles. The first-order valence-electron chi connectivity index (χ1n) is 12.4. The normalized spacial score (nSPS) is 20.9. The van der Waals surface area contributed by atoms with E-state index in [2.05, 4.69) is 59.0 Å². The molecule has 0 bridgehead atoms. The highest BCUT2D eigenvalue weighted by molar-refractivity contribution is 6.74. The topological polar surface area (TPSA) is 66.8 Å². The maximum atomic E-state index is 10.6. The van der Waals surface area contributed by atoms with E-state index in [1.165, 1.54) is 24.8 Å². The van der Waals surface area contributed by atoms with Crippen LogP contribution in [-0.2, 0) is 9.22 Å². The van der Waals surface area contributed by atoms with Gasteiger partial charge in [-0.2, -0.15) is 0 Å². The largest absolute Gasteiger partial charge is 0.481 e. The minimum atomic E-state index is -1.80. The third-order valence-electron chi connectivity index (χ3n) is 7.03. The van der Waals surface area contributed by atoms with E-state index in [-0.39, 0.29) is 23.5 Å². The van der Waals surface area contributed by atoms with Crippen LogP contribution in [-0.4, -0.2) is 36.7 Å². The molecule has 0 heterocycles. The van der Waals surface area contributed by atoms with E-state index in [9.17, 15) is 9.90 Å². The number of allylic oxidation sites excluding steroid dienone is 2. The summed E-state index contributed by atoms with van der Waals surface area (Å²) in [6, 6.07) is 0. The summed E-state index contributed by atoms with van der Waals surface area (Å²) in [4.78, 5) is 10.6. The van der Waals surface area contributed by atoms with Gasteiger partial charge in [-0.3, -0.25) is 4.79 Å². The summed E-state index contributed by atoms with van der Waals surface area (Å²) in [6.07, 6.45) is 16.6. The van der Waals surface area contributed by atoms with Crippen molar-refractivity contribution in [2.45, 2.75) is 129 Å². The van der Waals surface area contributed by atoms with Gasteiger partial charge in [0.15, 0.2) is 8.32 Å². The lowest BCUT2D eigenvalue weighted by molar-refractivity contribution is -0.137. The second-order valence-corrected chi connectivity index (χ2v) is 15.5. The predicted octanol–water partition coefficient (Wildman–Crippen LogP) is 7.25. The molecule has 0 aromatic rings. The molecule has 1 aliphatic rings. The molecule has 0 spiro atoms. The number of unbranched alkanes of at least 4 members (excludes halogenated alkanes) is 3. The van der Waals surface area contributed by atoms with E-state index in [1.807, 2.05) is 0 Å². The highest BCUT2D eigenvalue weighted by Gasteiger charge is 2.39. The quantitative estimate of drug-likeness (QED) is 0.156. The Labute approximate surface area is 192 Å². The summed E-state index contributed by atoms with van der Waals surface area (Å²) in [6.45, 7) is 13.8. The lowest BCUT2D eigenvalue weighted by Crippen LogP contribution is -2.44. The zero-order valence-electron chi connectivity index (χ0n) is 21.0. The molecular weight excluding hydrogens is 404 g/mol. The second-order valence-electron chi connectivity index (χ2n) is 10.7. The molecule has 0 saturated heterocycles.